The molecule has 0 spiro atoms. The molecule has 0 aliphatic rings. The Morgan fingerprint density at radius 1 is 0.964 bits per heavy atom. The largest absolute Gasteiger partial charge is 0.423 e. The molecule has 6 nitrogen and oxygen atoms in total. The van der Waals surface area contributed by atoms with E-state index in [9.17, 15) is 20.2 Å². The van der Waals surface area contributed by atoms with Gasteiger partial charge >= 0.3 is 5.97 Å². The van der Waals surface area contributed by atoms with E-state index in [0.29, 0.717) is 16.9 Å². The summed E-state index contributed by atoms with van der Waals surface area (Å²) in [7, 11) is 0. The number of nitrogens with zero attached hydrogens (tertiary/aromatic N) is 2. The lowest BCUT2D eigenvalue weighted by Gasteiger charge is -2.06. The summed E-state index contributed by atoms with van der Waals surface area (Å²) < 4.78 is 5.34. The molecule has 0 amide bonds. The summed E-state index contributed by atoms with van der Waals surface area (Å²) in [6.07, 6.45) is 1.71. The first kappa shape index (κ1) is 18.5. The highest BCUT2D eigenvalue weighted by atomic mass is 16.6. The molecule has 0 saturated heterocycles. The lowest BCUT2D eigenvalue weighted by atomic mass is 10.0. The highest BCUT2D eigenvalue weighted by Crippen LogP contribution is 2.21. The predicted molar refractivity (Wildman–Crippen MR) is 104 cm³/mol. The molecule has 0 atom stereocenters. The SMILES string of the molecule is N#C/C(=C/c1cccc(OC(=O)c2ccc([N+](=O)[O-])cc2)c1)c1ccccc1. The Hall–Kier alpha value is -4.24. The molecule has 0 aliphatic carbocycles. The van der Waals surface area contributed by atoms with Crippen LogP contribution in [0.4, 0.5) is 5.69 Å². The van der Waals surface area contributed by atoms with Crippen molar-refractivity contribution < 1.29 is 14.5 Å². The van der Waals surface area contributed by atoms with Crippen molar-refractivity contribution in [3.8, 4) is 11.8 Å². The Balaban J connectivity index is 1.79. The summed E-state index contributed by atoms with van der Waals surface area (Å²) in [6.45, 7) is 0. The zero-order chi connectivity index (χ0) is 19.9. The molecule has 3 aromatic carbocycles. The van der Waals surface area contributed by atoms with E-state index in [1.165, 1.54) is 24.3 Å². The minimum atomic E-state index is -0.625. The number of esters is 1. The van der Waals surface area contributed by atoms with Gasteiger partial charge in [-0.25, -0.2) is 4.79 Å². The smallest absolute Gasteiger partial charge is 0.343 e. The zero-order valence-corrected chi connectivity index (χ0v) is 14.6. The fourth-order valence-corrected chi connectivity index (χ4v) is 2.52. The van der Waals surface area contributed by atoms with E-state index in [0.717, 1.165) is 5.56 Å². The third-order valence-electron chi connectivity index (χ3n) is 3.90. The monoisotopic (exact) mass is 370 g/mol. The molecule has 0 fully saturated rings. The number of benzene rings is 3. The number of nitro groups is 1. The maximum atomic E-state index is 12.2. The molecule has 28 heavy (non-hydrogen) atoms. The second-order valence-electron chi connectivity index (χ2n) is 5.80. The highest BCUT2D eigenvalue weighted by Gasteiger charge is 2.12. The van der Waals surface area contributed by atoms with Crippen molar-refractivity contribution in [2.45, 2.75) is 0 Å². The number of hydrogen-bond acceptors (Lipinski definition) is 5. The third-order valence-corrected chi connectivity index (χ3v) is 3.90. The molecule has 6 heteroatoms. The van der Waals surface area contributed by atoms with E-state index >= 15 is 0 Å². The lowest BCUT2D eigenvalue weighted by Crippen LogP contribution is -2.08. The van der Waals surface area contributed by atoms with Crippen molar-refractivity contribution >= 4 is 23.3 Å². The summed E-state index contributed by atoms with van der Waals surface area (Å²) in [5.74, 6) is -0.318. The molecule has 0 bridgehead atoms. The number of hydrogen-bond donors (Lipinski definition) is 0. The van der Waals surface area contributed by atoms with E-state index in [2.05, 4.69) is 6.07 Å². The first-order chi connectivity index (χ1) is 13.6. The number of carbonyl (C=O) groups excluding carboxylic acids is 1. The average Bonchev–Trinajstić information content (AvgIpc) is 2.73. The Morgan fingerprint density at radius 2 is 1.68 bits per heavy atom. The first-order valence-corrected chi connectivity index (χ1v) is 8.31. The molecule has 3 aromatic rings. The summed E-state index contributed by atoms with van der Waals surface area (Å²) >= 11 is 0. The van der Waals surface area contributed by atoms with Gasteiger partial charge in [0.15, 0.2) is 0 Å². The van der Waals surface area contributed by atoms with Gasteiger partial charge in [0.2, 0.25) is 0 Å². The van der Waals surface area contributed by atoms with Crippen molar-refractivity contribution in [2.75, 3.05) is 0 Å². The number of nitriles is 1. The van der Waals surface area contributed by atoms with E-state index in [4.69, 9.17) is 4.74 Å². The van der Waals surface area contributed by atoms with Gasteiger partial charge in [0.1, 0.15) is 5.75 Å². The summed E-state index contributed by atoms with van der Waals surface area (Å²) in [5, 5.41) is 20.1. The minimum Gasteiger partial charge on any atom is -0.423 e. The molecule has 0 unspecified atom stereocenters. The van der Waals surface area contributed by atoms with Crippen LogP contribution in [0.1, 0.15) is 21.5 Å². The van der Waals surface area contributed by atoms with Gasteiger partial charge in [-0.3, -0.25) is 10.1 Å². The molecular weight excluding hydrogens is 356 g/mol. The zero-order valence-electron chi connectivity index (χ0n) is 14.6. The van der Waals surface area contributed by atoms with Gasteiger partial charge in [-0.1, -0.05) is 42.5 Å². The number of ether oxygens (including phenoxy) is 1. The van der Waals surface area contributed by atoms with Gasteiger partial charge in [0.25, 0.3) is 5.69 Å². The number of rotatable bonds is 5. The number of nitro benzene ring substituents is 1. The van der Waals surface area contributed by atoms with Crippen molar-refractivity contribution in [3.05, 3.63) is 106 Å². The standard InChI is InChI=1S/C22H14N2O4/c23-15-19(17-6-2-1-3-7-17)13-16-5-4-8-21(14-16)28-22(25)18-9-11-20(12-10-18)24(26)27/h1-14H/b19-13-. The van der Waals surface area contributed by atoms with Gasteiger partial charge in [0.05, 0.1) is 22.1 Å². The number of allylic oxidation sites excluding steroid dienone is 1. The third kappa shape index (κ3) is 4.48. The van der Waals surface area contributed by atoms with Crippen LogP contribution in [0.15, 0.2) is 78.9 Å². The minimum absolute atomic E-state index is 0.103. The van der Waals surface area contributed by atoms with Crippen LogP contribution in [0.3, 0.4) is 0 Å². The molecule has 0 saturated carbocycles. The second-order valence-corrected chi connectivity index (χ2v) is 5.80. The summed E-state index contributed by atoms with van der Waals surface area (Å²) in [4.78, 5) is 22.4. The highest BCUT2D eigenvalue weighted by molar-refractivity contribution is 5.92. The quantitative estimate of drug-likeness (QED) is 0.159. The normalized spacial score (nSPS) is 10.8. The van der Waals surface area contributed by atoms with Crippen LogP contribution in [0, 0.1) is 21.4 Å². The topological polar surface area (TPSA) is 93.2 Å². The predicted octanol–water partition coefficient (Wildman–Crippen LogP) is 4.88. The van der Waals surface area contributed by atoms with Gasteiger partial charge in [0, 0.05) is 12.1 Å². The van der Waals surface area contributed by atoms with Crippen LogP contribution in [0.5, 0.6) is 5.75 Å². The summed E-state index contributed by atoms with van der Waals surface area (Å²) in [5.41, 5.74) is 2.08. The van der Waals surface area contributed by atoms with Crippen LogP contribution in [0.2, 0.25) is 0 Å². The number of non-ortho nitro benzene ring substituents is 1. The molecule has 0 aliphatic heterocycles. The molecule has 3 rings (SSSR count). The number of carbonyl (C=O) groups is 1. The summed E-state index contributed by atoms with van der Waals surface area (Å²) in [6, 6.07) is 23.4. The second kappa shape index (κ2) is 8.43. The van der Waals surface area contributed by atoms with Crippen molar-refractivity contribution in [1.82, 2.24) is 0 Å². The van der Waals surface area contributed by atoms with Gasteiger partial charge in [-0.2, -0.15) is 5.26 Å². The fourth-order valence-electron chi connectivity index (χ4n) is 2.52. The Morgan fingerprint density at radius 3 is 2.32 bits per heavy atom. The van der Waals surface area contributed by atoms with Crippen LogP contribution in [-0.4, -0.2) is 10.9 Å². The van der Waals surface area contributed by atoms with Gasteiger partial charge < -0.3 is 4.74 Å². The van der Waals surface area contributed by atoms with Crippen LogP contribution < -0.4 is 4.74 Å². The Kier molecular flexibility index (Phi) is 5.58. The van der Waals surface area contributed by atoms with Crippen LogP contribution in [-0.2, 0) is 0 Å². The molecule has 136 valence electrons. The molecule has 0 aromatic heterocycles. The Bertz CT molecular complexity index is 1080. The van der Waals surface area contributed by atoms with Crippen molar-refractivity contribution in [3.63, 3.8) is 0 Å². The van der Waals surface area contributed by atoms with E-state index in [1.807, 2.05) is 30.3 Å². The molecule has 0 N–H and O–H groups in total. The molecular formula is C22H14N2O4. The molecule has 0 heterocycles. The maximum Gasteiger partial charge on any atom is 0.343 e. The fraction of sp³-hybridized carbons (Fsp3) is 0. The first-order valence-electron chi connectivity index (χ1n) is 8.31. The lowest BCUT2D eigenvalue weighted by molar-refractivity contribution is -0.384. The average molecular weight is 370 g/mol. The van der Waals surface area contributed by atoms with Gasteiger partial charge in [-0.05, 0) is 41.5 Å². The maximum absolute atomic E-state index is 12.2. The van der Waals surface area contributed by atoms with E-state index < -0.39 is 10.9 Å². The van der Waals surface area contributed by atoms with E-state index in [-0.39, 0.29) is 11.3 Å². The van der Waals surface area contributed by atoms with Crippen molar-refractivity contribution in [1.29, 1.82) is 5.26 Å². The molecule has 0 radical (unpaired) electrons. The Labute approximate surface area is 161 Å². The van der Waals surface area contributed by atoms with Crippen LogP contribution in [0.25, 0.3) is 11.6 Å². The van der Waals surface area contributed by atoms with Crippen molar-refractivity contribution in [2.24, 2.45) is 0 Å². The van der Waals surface area contributed by atoms with Gasteiger partial charge in [-0.15, -0.1) is 0 Å². The van der Waals surface area contributed by atoms with Crippen LogP contribution >= 0.6 is 0 Å². The van der Waals surface area contributed by atoms with E-state index in [1.54, 1.807) is 30.3 Å².